The van der Waals surface area contributed by atoms with Crippen LogP contribution >= 0.6 is 12.4 Å². The van der Waals surface area contributed by atoms with Gasteiger partial charge in [-0.3, -0.25) is 4.79 Å². The second-order valence-corrected chi connectivity index (χ2v) is 7.70. The number of carbonyl (C=O) groups excluding carboxylic acids is 1. The van der Waals surface area contributed by atoms with Crippen LogP contribution in [0.3, 0.4) is 0 Å². The number of ether oxygens (including phenoxy) is 2. The molecule has 1 aliphatic heterocycles. The van der Waals surface area contributed by atoms with Crippen LogP contribution in [0.25, 0.3) is 0 Å². The van der Waals surface area contributed by atoms with Crippen LogP contribution in [0.2, 0.25) is 0 Å². The predicted molar refractivity (Wildman–Crippen MR) is 110 cm³/mol. The van der Waals surface area contributed by atoms with Crippen molar-refractivity contribution >= 4 is 18.3 Å². The molecule has 0 aromatic heterocycles. The number of halogens is 1. The van der Waals surface area contributed by atoms with Crippen molar-refractivity contribution in [2.45, 2.75) is 51.6 Å². The molecule has 0 spiro atoms. The number of rotatable bonds is 8. The summed E-state index contributed by atoms with van der Waals surface area (Å²) < 4.78 is 10.9. The first-order valence-corrected chi connectivity index (χ1v) is 9.83. The molecule has 1 saturated heterocycles. The third-order valence-corrected chi connectivity index (χ3v) is 5.82. The maximum atomic E-state index is 13.1. The molecule has 2 aliphatic rings. The van der Waals surface area contributed by atoms with Gasteiger partial charge in [0, 0.05) is 24.6 Å². The molecule has 1 saturated carbocycles. The highest BCUT2D eigenvalue weighted by Crippen LogP contribution is 2.34. The van der Waals surface area contributed by atoms with E-state index in [2.05, 4.69) is 17.1 Å². The van der Waals surface area contributed by atoms with E-state index >= 15 is 0 Å². The lowest BCUT2D eigenvalue weighted by Gasteiger charge is -2.30. The molecule has 6 heteroatoms. The number of methoxy groups -OCH3 is 2. The molecule has 1 N–H and O–H groups in total. The molecular weight excluding hydrogens is 364 g/mol. The minimum Gasteiger partial charge on any atom is -0.497 e. The lowest BCUT2D eigenvalue weighted by molar-refractivity contribution is -0.133. The Morgan fingerprint density at radius 3 is 2.48 bits per heavy atom. The van der Waals surface area contributed by atoms with Gasteiger partial charge in [0.05, 0.1) is 14.2 Å². The summed E-state index contributed by atoms with van der Waals surface area (Å²) in [5, 5.41) is 3.41. The van der Waals surface area contributed by atoms with Crippen LogP contribution in [0.5, 0.6) is 11.5 Å². The molecule has 1 atom stereocenters. The average Bonchev–Trinajstić information content (AvgIpc) is 3.51. The van der Waals surface area contributed by atoms with Crippen LogP contribution in [0.1, 0.15) is 44.6 Å². The summed E-state index contributed by atoms with van der Waals surface area (Å²) in [5.74, 6) is 3.00. The van der Waals surface area contributed by atoms with Crippen LogP contribution < -0.4 is 14.8 Å². The van der Waals surface area contributed by atoms with E-state index in [9.17, 15) is 4.79 Å². The Morgan fingerprint density at radius 2 is 1.89 bits per heavy atom. The fourth-order valence-corrected chi connectivity index (χ4v) is 3.97. The summed E-state index contributed by atoms with van der Waals surface area (Å²) in [7, 11) is 3.34. The van der Waals surface area contributed by atoms with Crippen molar-refractivity contribution in [3.63, 3.8) is 0 Å². The number of hydrogen-bond acceptors (Lipinski definition) is 4. The van der Waals surface area contributed by atoms with E-state index in [1.807, 2.05) is 18.2 Å². The van der Waals surface area contributed by atoms with Crippen molar-refractivity contribution in [3.8, 4) is 11.5 Å². The molecule has 1 amide bonds. The highest BCUT2D eigenvalue weighted by molar-refractivity contribution is 5.85. The fourth-order valence-electron chi connectivity index (χ4n) is 3.97. The number of piperidine rings is 1. The fraction of sp³-hybridized carbons (Fsp3) is 0.667. The molecule has 152 valence electrons. The van der Waals surface area contributed by atoms with Gasteiger partial charge in [0.1, 0.15) is 11.5 Å². The van der Waals surface area contributed by atoms with Crippen LogP contribution in [-0.2, 0) is 11.3 Å². The summed E-state index contributed by atoms with van der Waals surface area (Å²) in [6, 6.07) is 6.18. The van der Waals surface area contributed by atoms with Gasteiger partial charge >= 0.3 is 0 Å². The van der Waals surface area contributed by atoms with Crippen molar-refractivity contribution < 1.29 is 14.3 Å². The number of amides is 1. The SMILES string of the molecule is COc1ccc(OC)c(CN(C(=O)CC(C)C2CCNCC2)C2CC2)c1.Cl. The summed E-state index contributed by atoms with van der Waals surface area (Å²) >= 11 is 0. The van der Waals surface area contributed by atoms with Crippen molar-refractivity contribution in [1.82, 2.24) is 10.2 Å². The maximum absolute atomic E-state index is 13.1. The van der Waals surface area contributed by atoms with Crippen LogP contribution in [0, 0.1) is 11.8 Å². The number of nitrogens with one attached hydrogen (secondary N) is 1. The van der Waals surface area contributed by atoms with Crippen molar-refractivity contribution in [2.75, 3.05) is 27.3 Å². The Hall–Kier alpha value is -1.46. The lowest BCUT2D eigenvalue weighted by Crippen LogP contribution is -2.36. The van der Waals surface area contributed by atoms with Gasteiger partial charge in [-0.05, 0) is 68.8 Å². The highest BCUT2D eigenvalue weighted by atomic mass is 35.5. The largest absolute Gasteiger partial charge is 0.497 e. The zero-order chi connectivity index (χ0) is 18.5. The standard InChI is InChI=1S/C21H32N2O3.ClH/c1-15(16-8-10-22-11-9-16)12-21(24)23(18-4-5-18)14-17-13-19(25-2)6-7-20(17)26-3;/h6-7,13,15-16,18,22H,4-5,8-12,14H2,1-3H3;1H. The molecule has 1 aromatic rings. The van der Waals surface area contributed by atoms with E-state index in [4.69, 9.17) is 9.47 Å². The minimum atomic E-state index is 0. The molecule has 1 unspecified atom stereocenters. The van der Waals surface area contributed by atoms with E-state index in [-0.39, 0.29) is 18.3 Å². The highest BCUT2D eigenvalue weighted by Gasteiger charge is 2.34. The Morgan fingerprint density at radius 1 is 1.19 bits per heavy atom. The Bertz CT molecular complexity index is 615. The quantitative estimate of drug-likeness (QED) is 0.728. The second-order valence-electron chi connectivity index (χ2n) is 7.70. The molecular formula is C21H33ClN2O3. The summed E-state index contributed by atoms with van der Waals surface area (Å²) in [4.78, 5) is 15.1. The Kier molecular flexibility index (Phi) is 8.24. The Labute approximate surface area is 169 Å². The van der Waals surface area contributed by atoms with Crippen LogP contribution in [0.4, 0.5) is 0 Å². The number of benzene rings is 1. The minimum absolute atomic E-state index is 0. The lowest BCUT2D eigenvalue weighted by atomic mass is 9.84. The van der Waals surface area contributed by atoms with E-state index in [0.29, 0.717) is 30.8 Å². The molecule has 1 heterocycles. The van der Waals surface area contributed by atoms with Crippen LogP contribution in [-0.4, -0.2) is 44.2 Å². The first-order valence-electron chi connectivity index (χ1n) is 9.83. The van der Waals surface area contributed by atoms with Crippen molar-refractivity contribution in [1.29, 1.82) is 0 Å². The van der Waals surface area contributed by atoms with Gasteiger partial charge in [-0.2, -0.15) is 0 Å². The third kappa shape index (κ3) is 5.76. The van der Waals surface area contributed by atoms with Gasteiger partial charge in [0.25, 0.3) is 0 Å². The monoisotopic (exact) mass is 396 g/mol. The summed E-state index contributed by atoms with van der Waals surface area (Å²) in [6.07, 6.45) is 5.23. The zero-order valence-electron chi connectivity index (χ0n) is 16.7. The molecule has 3 rings (SSSR count). The molecule has 2 fully saturated rings. The topological polar surface area (TPSA) is 50.8 Å². The van der Waals surface area contributed by atoms with Crippen LogP contribution in [0.15, 0.2) is 18.2 Å². The molecule has 1 aromatic carbocycles. The number of nitrogens with zero attached hydrogens (tertiary/aromatic N) is 1. The first-order chi connectivity index (χ1) is 12.6. The van der Waals surface area contributed by atoms with Gasteiger partial charge in [0.15, 0.2) is 0 Å². The average molecular weight is 397 g/mol. The van der Waals surface area contributed by atoms with E-state index in [1.165, 1.54) is 12.8 Å². The molecule has 0 bridgehead atoms. The summed E-state index contributed by atoms with van der Waals surface area (Å²) in [6.45, 7) is 5.00. The third-order valence-electron chi connectivity index (χ3n) is 5.82. The normalized spacial score (nSPS) is 18.3. The van der Waals surface area contributed by atoms with Crippen molar-refractivity contribution in [2.24, 2.45) is 11.8 Å². The number of carbonyl (C=O) groups is 1. The van der Waals surface area contributed by atoms with E-state index < -0.39 is 0 Å². The van der Waals surface area contributed by atoms with E-state index in [0.717, 1.165) is 43.0 Å². The Balaban J connectivity index is 0.00000261. The first kappa shape index (κ1) is 21.8. The molecule has 1 aliphatic carbocycles. The van der Waals surface area contributed by atoms with E-state index in [1.54, 1.807) is 14.2 Å². The second kappa shape index (κ2) is 10.2. The van der Waals surface area contributed by atoms with Gasteiger partial charge in [-0.15, -0.1) is 12.4 Å². The molecule has 5 nitrogen and oxygen atoms in total. The van der Waals surface area contributed by atoms with Gasteiger partial charge in [0.2, 0.25) is 5.91 Å². The molecule has 0 radical (unpaired) electrons. The zero-order valence-corrected chi connectivity index (χ0v) is 17.5. The van der Waals surface area contributed by atoms with Gasteiger partial charge < -0.3 is 19.7 Å². The summed E-state index contributed by atoms with van der Waals surface area (Å²) in [5.41, 5.74) is 1.02. The smallest absolute Gasteiger partial charge is 0.223 e. The maximum Gasteiger partial charge on any atom is 0.223 e. The van der Waals surface area contributed by atoms with Gasteiger partial charge in [-0.1, -0.05) is 6.92 Å². The number of hydrogen-bond donors (Lipinski definition) is 1. The van der Waals surface area contributed by atoms with Crippen molar-refractivity contribution in [3.05, 3.63) is 23.8 Å². The molecule has 27 heavy (non-hydrogen) atoms. The van der Waals surface area contributed by atoms with Gasteiger partial charge in [-0.25, -0.2) is 0 Å². The predicted octanol–water partition coefficient (Wildman–Crippen LogP) is 3.64.